The zero-order chi connectivity index (χ0) is 11.8. The normalized spacial score (nSPS) is 24.0. The molecule has 2 unspecified atom stereocenters. The van der Waals surface area contributed by atoms with E-state index in [1.807, 2.05) is 13.0 Å². The summed E-state index contributed by atoms with van der Waals surface area (Å²) in [5.41, 5.74) is 2.42. The fraction of sp³-hybridized carbons (Fsp3) is 0.538. The van der Waals surface area contributed by atoms with Gasteiger partial charge < -0.3 is 14.2 Å². The smallest absolute Gasteiger partial charge is 0.231 e. The molecule has 0 fully saturated rings. The molecular weight excluding hydrogens is 240 g/mol. The first-order chi connectivity index (χ1) is 8.25. The number of rotatable bonds is 1. The van der Waals surface area contributed by atoms with Crippen LogP contribution in [-0.4, -0.2) is 18.8 Å². The van der Waals surface area contributed by atoms with Crippen LogP contribution in [0.1, 0.15) is 30.6 Å². The van der Waals surface area contributed by atoms with Gasteiger partial charge in [-0.25, -0.2) is 0 Å². The van der Waals surface area contributed by atoms with E-state index in [9.17, 15) is 0 Å². The predicted molar refractivity (Wildman–Crippen MR) is 64.9 cm³/mol. The summed E-state index contributed by atoms with van der Waals surface area (Å²) < 4.78 is 16.6. The van der Waals surface area contributed by atoms with Crippen LogP contribution < -0.4 is 9.47 Å². The van der Waals surface area contributed by atoms with Gasteiger partial charge in [0, 0.05) is 6.61 Å². The molecule has 0 radical (unpaired) electrons. The SMILES string of the molecule is CC(Cl)C1OCCCc2cc3c(cc21)OCO3. The predicted octanol–water partition coefficient (Wildman–Crippen LogP) is 3.05. The summed E-state index contributed by atoms with van der Waals surface area (Å²) >= 11 is 6.21. The first-order valence-corrected chi connectivity index (χ1v) is 6.37. The van der Waals surface area contributed by atoms with Gasteiger partial charge in [0.2, 0.25) is 6.79 Å². The number of alkyl halides is 1. The van der Waals surface area contributed by atoms with Gasteiger partial charge in [-0.1, -0.05) is 0 Å². The molecule has 0 aliphatic carbocycles. The van der Waals surface area contributed by atoms with E-state index in [1.54, 1.807) is 0 Å². The summed E-state index contributed by atoms with van der Waals surface area (Å²) in [7, 11) is 0. The van der Waals surface area contributed by atoms with Crippen LogP contribution in [0.3, 0.4) is 0 Å². The number of fused-ring (bicyclic) bond motifs is 2. The molecule has 0 N–H and O–H groups in total. The average Bonchev–Trinajstić information content (AvgIpc) is 2.64. The van der Waals surface area contributed by atoms with E-state index in [1.165, 1.54) is 5.56 Å². The lowest BCUT2D eigenvalue weighted by molar-refractivity contribution is 0.0564. The van der Waals surface area contributed by atoms with Crippen molar-refractivity contribution in [3.8, 4) is 11.5 Å². The minimum Gasteiger partial charge on any atom is -0.454 e. The number of aryl methyl sites for hydroxylation is 1. The van der Waals surface area contributed by atoms with Crippen molar-refractivity contribution in [2.24, 2.45) is 0 Å². The summed E-state index contributed by atoms with van der Waals surface area (Å²) in [6.45, 7) is 3.02. The molecule has 1 aromatic rings. The van der Waals surface area contributed by atoms with Gasteiger partial charge in [0.15, 0.2) is 11.5 Å². The topological polar surface area (TPSA) is 27.7 Å². The van der Waals surface area contributed by atoms with Gasteiger partial charge in [0.1, 0.15) is 0 Å². The van der Waals surface area contributed by atoms with E-state index in [0.717, 1.165) is 36.5 Å². The second kappa shape index (κ2) is 4.39. The molecule has 92 valence electrons. The Bertz CT molecular complexity index is 431. The Hall–Kier alpha value is -0.930. The van der Waals surface area contributed by atoms with Crippen LogP contribution in [0.2, 0.25) is 0 Å². The van der Waals surface area contributed by atoms with E-state index in [2.05, 4.69) is 6.07 Å². The molecule has 0 amide bonds. The Morgan fingerprint density at radius 2 is 2.06 bits per heavy atom. The van der Waals surface area contributed by atoms with Crippen molar-refractivity contribution in [3.63, 3.8) is 0 Å². The van der Waals surface area contributed by atoms with Crippen molar-refractivity contribution < 1.29 is 14.2 Å². The number of hydrogen-bond acceptors (Lipinski definition) is 3. The lowest BCUT2D eigenvalue weighted by Gasteiger charge is -2.20. The van der Waals surface area contributed by atoms with Gasteiger partial charge in [-0.3, -0.25) is 0 Å². The maximum Gasteiger partial charge on any atom is 0.231 e. The number of halogens is 1. The summed E-state index contributed by atoms with van der Waals surface area (Å²) in [5.74, 6) is 1.64. The molecule has 0 bridgehead atoms. The Kier molecular flexibility index (Phi) is 2.89. The van der Waals surface area contributed by atoms with Crippen molar-refractivity contribution in [2.75, 3.05) is 13.4 Å². The van der Waals surface area contributed by atoms with Crippen LogP contribution in [0.4, 0.5) is 0 Å². The maximum absolute atomic E-state index is 6.21. The fourth-order valence-electron chi connectivity index (χ4n) is 2.42. The highest BCUT2D eigenvalue weighted by atomic mass is 35.5. The zero-order valence-electron chi connectivity index (χ0n) is 9.74. The lowest BCUT2D eigenvalue weighted by atomic mass is 9.97. The van der Waals surface area contributed by atoms with Crippen LogP contribution in [0, 0.1) is 0 Å². The summed E-state index contributed by atoms with van der Waals surface area (Å²) in [5, 5.41) is -0.0489. The molecule has 2 aliphatic heterocycles. The summed E-state index contributed by atoms with van der Waals surface area (Å²) in [6.07, 6.45) is 1.97. The van der Waals surface area contributed by atoms with E-state index in [-0.39, 0.29) is 11.5 Å². The second-order valence-corrected chi connectivity index (χ2v) is 5.17. The van der Waals surface area contributed by atoms with Gasteiger partial charge in [0.25, 0.3) is 0 Å². The first kappa shape index (κ1) is 11.2. The number of hydrogen-bond donors (Lipinski definition) is 0. The van der Waals surface area contributed by atoms with Crippen LogP contribution in [0.25, 0.3) is 0 Å². The molecular formula is C13H15ClO3. The van der Waals surface area contributed by atoms with Crippen LogP contribution in [0.5, 0.6) is 11.5 Å². The Balaban J connectivity index is 2.06. The van der Waals surface area contributed by atoms with E-state index in [0.29, 0.717) is 6.79 Å². The van der Waals surface area contributed by atoms with Crippen LogP contribution in [0.15, 0.2) is 12.1 Å². The van der Waals surface area contributed by atoms with E-state index < -0.39 is 0 Å². The van der Waals surface area contributed by atoms with Gasteiger partial charge >= 0.3 is 0 Å². The molecule has 0 saturated heterocycles. The Labute approximate surface area is 106 Å². The van der Waals surface area contributed by atoms with Crippen LogP contribution >= 0.6 is 11.6 Å². The van der Waals surface area contributed by atoms with Gasteiger partial charge in [-0.05, 0) is 43.0 Å². The summed E-state index contributed by atoms with van der Waals surface area (Å²) in [4.78, 5) is 0. The molecule has 2 aliphatic rings. The van der Waals surface area contributed by atoms with Crippen molar-refractivity contribution in [3.05, 3.63) is 23.3 Å². The van der Waals surface area contributed by atoms with Crippen molar-refractivity contribution in [1.82, 2.24) is 0 Å². The largest absolute Gasteiger partial charge is 0.454 e. The number of ether oxygens (including phenoxy) is 3. The van der Waals surface area contributed by atoms with Crippen molar-refractivity contribution in [2.45, 2.75) is 31.2 Å². The van der Waals surface area contributed by atoms with Gasteiger partial charge in [-0.2, -0.15) is 0 Å². The van der Waals surface area contributed by atoms with Gasteiger partial charge in [0.05, 0.1) is 11.5 Å². The molecule has 1 aromatic carbocycles. The molecule has 4 heteroatoms. The molecule has 0 saturated carbocycles. The molecule has 2 atom stereocenters. The highest BCUT2D eigenvalue weighted by Crippen LogP contribution is 2.40. The highest BCUT2D eigenvalue weighted by Gasteiger charge is 2.27. The summed E-state index contributed by atoms with van der Waals surface area (Å²) in [6, 6.07) is 4.09. The standard InChI is InChI=1S/C13H15ClO3/c1-8(14)13-10-6-12-11(16-7-17-12)5-9(10)3-2-4-15-13/h5-6,8,13H,2-4,7H2,1H3. The van der Waals surface area contributed by atoms with E-state index >= 15 is 0 Å². The third-order valence-electron chi connectivity index (χ3n) is 3.25. The van der Waals surface area contributed by atoms with Crippen molar-refractivity contribution >= 4 is 11.6 Å². The molecule has 0 aromatic heterocycles. The minimum absolute atomic E-state index is 0.0489. The lowest BCUT2D eigenvalue weighted by Crippen LogP contribution is -2.13. The maximum atomic E-state index is 6.21. The number of benzene rings is 1. The first-order valence-electron chi connectivity index (χ1n) is 5.94. The molecule has 17 heavy (non-hydrogen) atoms. The molecule has 2 heterocycles. The minimum atomic E-state index is -0.0522. The third-order valence-corrected chi connectivity index (χ3v) is 3.47. The van der Waals surface area contributed by atoms with Crippen LogP contribution in [-0.2, 0) is 11.2 Å². The Morgan fingerprint density at radius 3 is 2.82 bits per heavy atom. The fourth-order valence-corrected chi connectivity index (χ4v) is 2.63. The average molecular weight is 255 g/mol. The molecule has 3 rings (SSSR count). The van der Waals surface area contributed by atoms with Crippen molar-refractivity contribution in [1.29, 1.82) is 0 Å². The monoisotopic (exact) mass is 254 g/mol. The third kappa shape index (κ3) is 1.98. The second-order valence-electron chi connectivity index (χ2n) is 4.48. The van der Waals surface area contributed by atoms with E-state index in [4.69, 9.17) is 25.8 Å². The zero-order valence-corrected chi connectivity index (χ0v) is 10.5. The molecule has 0 spiro atoms. The quantitative estimate of drug-likeness (QED) is 0.721. The van der Waals surface area contributed by atoms with Gasteiger partial charge in [-0.15, -0.1) is 11.6 Å². The Morgan fingerprint density at radius 1 is 1.29 bits per heavy atom. The highest BCUT2D eigenvalue weighted by molar-refractivity contribution is 6.20. The molecule has 3 nitrogen and oxygen atoms in total.